The lowest BCUT2D eigenvalue weighted by Crippen LogP contribution is -2.12. The summed E-state index contributed by atoms with van der Waals surface area (Å²) in [7, 11) is 0. The van der Waals surface area contributed by atoms with Crippen LogP contribution in [0.25, 0.3) is 0 Å². The van der Waals surface area contributed by atoms with Crippen LogP contribution in [-0.4, -0.2) is 16.3 Å². The van der Waals surface area contributed by atoms with Gasteiger partial charge in [0.15, 0.2) is 5.78 Å². The Morgan fingerprint density at radius 1 is 1.62 bits per heavy atom. The van der Waals surface area contributed by atoms with E-state index in [-0.39, 0.29) is 11.3 Å². The number of benzene rings is 1. The summed E-state index contributed by atoms with van der Waals surface area (Å²) < 4.78 is 13.0. The summed E-state index contributed by atoms with van der Waals surface area (Å²) in [5.74, 6) is -1.35. The minimum Gasteiger partial charge on any atom is -0.508 e. The van der Waals surface area contributed by atoms with Gasteiger partial charge in [0, 0.05) is 0 Å². The van der Waals surface area contributed by atoms with E-state index < -0.39 is 17.0 Å². The normalized spacial score (nSPS) is 12.5. The Balaban J connectivity index is 3.13. The van der Waals surface area contributed by atoms with Crippen molar-refractivity contribution in [3.8, 4) is 5.75 Å². The number of phenols is 1. The summed E-state index contributed by atoms with van der Waals surface area (Å²) in [6.07, 6.45) is 0. The van der Waals surface area contributed by atoms with Gasteiger partial charge in [-0.2, -0.15) is 0 Å². The maximum atomic E-state index is 13.0. The van der Waals surface area contributed by atoms with Crippen molar-refractivity contribution in [1.82, 2.24) is 0 Å². The van der Waals surface area contributed by atoms with Gasteiger partial charge in [-0.3, -0.25) is 4.79 Å². The van der Waals surface area contributed by atoms with Gasteiger partial charge in [0.25, 0.3) is 0 Å². The highest BCUT2D eigenvalue weighted by Crippen LogP contribution is 2.18. The molecule has 0 saturated heterocycles. The van der Waals surface area contributed by atoms with E-state index in [1.165, 1.54) is 13.0 Å². The molecule has 70 valence electrons. The highest BCUT2D eigenvalue weighted by atomic mass is 35.5. The first-order valence-electron chi connectivity index (χ1n) is 3.69. The Bertz CT molecular complexity index is 336. The van der Waals surface area contributed by atoms with Crippen LogP contribution in [0, 0.1) is 5.82 Å². The molecule has 1 rings (SSSR count). The summed E-state index contributed by atoms with van der Waals surface area (Å²) in [4.78, 5) is 11.2. The van der Waals surface area contributed by atoms with Gasteiger partial charge in [-0.25, -0.2) is 4.39 Å². The third kappa shape index (κ3) is 2.18. The van der Waals surface area contributed by atoms with Gasteiger partial charge in [0.05, 0.1) is 10.9 Å². The zero-order valence-electron chi connectivity index (χ0n) is 6.92. The van der Waals surface area contributed by atoms with Crippen molar-refractivity contribution >= 4 is 17.4 Å². The van der Waals surface area contributed by atoms with Gasteiger partial charge in [-0.05, 0) is 25.1 Å². The van der Waals surface area contributed by atoms with Crippen molar-refractivity contribution in [3.05, 3.63) is 29.6 Å². The number of alkyl halides is 1. The smallest absolute Gasteiger partial charge is 0.183 e. The lowest BCUT2D eigenvalue weighted by atomic mass is 10.1. The first kappa shape index (κ1) is 9.99. The number of Topliss-reactive ketones (excluding diaryl/α,β-unsaturated/α-hetero) is 1. The summed E-state index contributed by atoms with van der Waals surface area (Å²) in [6, 6.07) is 3.27. The van der Waals surface area contributed by atoms with Crippen molar-refractivity contribution in [2.24, 2.45) is 0 Å². The van der Waals surface area contributed by atoms with E-state index >= 15 is 0 Å². The van der Waals surface area contributed by atoms with Gasteiger partial charge in [0.1, 0.15) is 11.6 Å². The maximum absolute atomic E-state index is 13.0. The molecule has 0 aliphatic heterocycles. The van der Waals surface area contributed by atoms with E-state index in [1.54, 1.807) is 0 Å². The van der Waals surface area contributed by atoms with Crippen LogP contribution in [-0.2, 0) is 0 Å². The number of halogens is 2. The quantitative estimate of drug-likeness (QED) is 0.591. The highest BCUT2D eigenvalue weighted by molar-refractivity contribution is 6.33. The number of aromatic hydroxyl groups is 1. The zero-order valence-corrected chi connectivity index (χ0v) is 7.68. The molecule has 1 aromatic rings. The van der Waals surface area contributed by atoms with Crippen molar-refractivity contribution in [2.75, 3.05) is 0 Å². The summed E-state index contributed by atoms with van der Waals surface area (Å²) >= 11 is 5.49. The molecule has 2 nitrogen and oxygen atoms in total. The van der Waals surface area contributed by atoms with Gasteiger partial charge < -0.3 is 5.11 Å². The van der Waals surface area contributed by atoms with Gasteiger partial charge in [-0.1, -0.05) is 0 Å². The van der Waals surface area contributed by atoms with Crippen molar-refractivity contribution in [2.45, 2.75) is 12.3 Å². The van der Waals surface area contributed by atoms with Crippen LogP contribution in [0.4, 0.5) is 4.39 Å². The van der Waals surface area contributed by atoms with Crippen molar-refractivity contribution in [1.29, 1.82) is 0 Å². The standard InChI is InChI=1S/C9H8ClFO2/c1-5(10)9(13)7-4-6(12)2-3-8(7)11/h2-5,12H,1H3. The Labute approximate surface area is 80.0 Å². The Morgan fingerprint density at radius 2 is 2.23 bits per heavy atom. The van der Waals surface area contributed by atoms with Crippen LogP contribution in [0.1, 0.15) is 17.3 Å². The van der Waals surface area contributed by atoms with Crippen LogP contribution in [0.15, 0.2) is 18.2 Å². The minimum atomic E-state index is -0.795. The molecule has 0 spiro atoms. The van der Waals surface area contributed by atoms with E-state index in [0.29, 0.717) is 0 Å². The third-order valence-corrected chi connectivity index (χ3v) is 1.77. The van der Waals surface area contributed by atoms with E-state index in [1.807, 2.05) is 0 Å². The molecule has 1 N–H and O–H groups in total. The Kier molecular flexibility index (Phi) is 2.88. The monoisotopic (exact) mass is 202 g/mol. The minimum absolute atomic E-state index is 0.151. The molecule has 0 aliphatic rings. The molecular formula is C9H8ClFO2. The number of hydrogen-bond donors (Lipinski definition) is 1. The largest absolute Gasteiger partial charge is 0.508 e. The second-order valence-corrected chi connectivity index (χ2v) is 3.30. The second kappa shape index (κ2) is 3.75. The molecule has 13 heavy (non-hydrogen) atoms. The van der Waals surface area contributed by atoms with Crippen LogP contribution >= 0.6 is 11.6 Å². The Morgan fingerprint density at radius 3 is 2.77 bits per heavy atom. The molecule has 1 unspecified atom stereocenters. The summed E-state index contributed by atoms with van der Waals surface area (Å²) in [5.41, 5.74) is -0.178. The molecule has 0 saturated carbocycles. The van der Waals surface area contributed by atoms with Gasteiger partial charge in [-0.15, -0.1) is 11.6 Å². The van der Waals surface area contributed by atoms with Crippen LogP contribution in [0.5, 0.6) is 5.75 Å². The fraction of sp³-hybridized carbons (Fsp3) is 0.222. The van der Waals surface area contributed by atoms with E-state index in [0.717, 1.165) is 12.1 Å². The zero-order chi connectivity index (χ0) is 10.0. The molecule has 1 aromatic carbocycles. The highest BCUT2D eigenvalue weighted by Gasteiger charge is 2.16. The number of rotatable bonds is 2. The van der Waals surface area contributed by atoms with E-state index in [4.69, 9.17) is 16.7 Å². The van der Waals surface area contributed by atoms with E-state index in [2.05, 4.69) is 0 Å². The molecule has 0 aromatic heterocycles. The average Bonchev–Trinajstić information content (AvgIpc) is 2.08. The number of hydrogen-bond acceptors (Lipinski definition) is 2. The molecule has 0 bridgehead atoms. The van der Waals surface area contributed by atoms with Gasteiger partial charge in [0.2, 0.25) is 0 Å². The van der Waals surface area contributed by atoms with Gasteiger partial charge >= 0.3 is 0 Å². The molecule has 0 fully saturated rings. The third-order valence-electron chi connectivity index (χ3n) is 1.58. The fourth-order valence-electron chi connectivity index (χ4n) is 0.916. The average molecular weight is 203 g/mol. The van der Waals surface area contributed by atoms with Crippen LogP contribution in [0.3, 0.4) is 0 Å². The first-order chi connectivity index (χ1) is 6.02. The SMILES string of the molecule is CC(Cl)C(=O)c1cc(O)ccc1F. The fourth-order valence-corrected chi connectivity index (χ4v) is 1.03. The topological polar surface area (TPSA) is 37.3 Å². The van der Waals surface area contributed by atoms with Crippen LogP contribution < -0.4 is 0 Å². The molecule has 4 heteroatoms. The maximum Gasteiger partial charge on any atom is 0.183 e. The first-order valence-corrected chi connectivity index (χ1v) is 4.13. The predicted octanol–water partition coefficient (Wildman–Crippen LogP) is 2.34. The lowest BCUT2D eigenvalue weighted by molar-refractivity contribution is 0.0987. The summed E-state index contributed by atoms with van der Waals surface area (Å²) in [6.45, 7) is 1.45. The molecule has 0 heterocycles. The summed E-state index contributed by atoms with van der Waals surface area (Å²) in [5, 5.41) is 8.21. The number of carbonyl (C=O) groups excluding carboxylic acids is 1. The number of phenolic OH excluding ortho intramolecular Hbond substituents is 1. The molecular weight excluding hydrogens is 195 g/mol. The lowest BCUT2D eigenvalue weighted by Gasteiger charge is -2.03. The van der Waals surface area contributed by atoms with Crippen LogP contribution in [0.2, 0.25) is 0 Å². The number of carbonyl (C=O) groups is 1. The predicted molar refractivity (Wildman–Crippen MR) is 47.7 cm³/mol. The molecule has 0 radical (unpaired) electrons. The second-order valence-electron chi connectivity index (χ2n) is 2.64. The molecule has 1 atom stereocenters. The number of ketones is 1. The molecule has 0 aliphatic carbocycles. The van der Waals surface area contributed by atoms with Crippen molar-refractivity contribution in [3.63, 3.8) is 0 Å². The van der Waals surface area contributed by atoms with Crippen molar-refractivity contribution < 1.29 is 14.3 Å². The Hall–Kier alpha value is -1.09. The molecule has 0 amide bonds. The van der Waals surface area contributed by atoms with E-state index in [9.17, 15) is 9.18 Å².